The zero-order valence-corrected chi connectivity index (χ0v) is 14.1. The summed E-state index contributed by atoms with van der Waals surface area (Å²) in [5.74, 6) is -2.60. The number of nitrogens with zero attached hydrogens (tertiary/aromatic N) is 2. The molecule has 1 heterocycles. The minimum absolute atomic E-state index is 0.0163. The molecule has 0 bridgehead atoms. The Bertz CT molecular complexity index is 994. The highest BCUT2D eigenvalue weighted by molar-refractivity contribution is 6.09. The fourth-order valence-electron chi connectivity index (χ4n) is 2.65. The number of anilines is 2. The van der Waals surface area contributed by atoms with Gasteiger partial charge in [-0.25, -0.2) is 9.36 Å². The van der Waals surface area contributed by atoms with E-state index in [-0.39, 0.29) is 17.4 Å². The normalized spacial score (nSPS) is 10.8. The molecule has 27 heavy (non-hydrogen) atoms. The van der Waals surface area contributed by atoms with Crippen molar-refractivity contribution < 1.29 is 24.9 Å². The molecule has 7 heteroatoms. The molecule has 2 aromatic carbocycles. The van der Waals surface area contributed by atoms with E-state index in [4.69, 9.17) is 5.11 Å². The van der Waals surface area contributed by atoms with E-state index >= 15 is 0 Å². The molecule has 136 valence electrons. The largest absolute Gasteiger partial charge is 0.494 e. The summed E-state index contributed by atoms with van der Waals surface area (Å²) in [5.41, 5.74) is 0.918. The van der Waals surface area contributed by atoms with Crippen LogP contribution in [0.5, 0.6) is 11.8 Å². The fourth-order valence-corrected chi connectivity index (χ4v) is 2.65. The first-order chi connectivity index (χ1) is 13.0. The van der Waals surface area contributed by atoms with Crippen LogP contribution in [0.2, 0.25) is 0 Å². The monoisotopic (exact) mass is 364 g/mol. The van der Waals surface area contributed by atoms with Crippen LogP contribution in [0.25, 0.3) is 5.69 Å². The molecule has 0 radical (unpaired) electrons. The van der Waals surface area contributed by atoms with E-state index in [0.29, 0.717) is 17.5 Å². The van der Waals surface area contributed by atoms with Crippen molar-refractivity contribution >= 4 is 23.3 Å². The third-order valence-corrected chi connectivity index (χ3v) is 3.79. The summed E-state index contributed by atoms with van der Waals surface area (Å²) >= 11 is 0. The zero-order valence-electron chi connectivity index (χ0n) is 14.1. The highest BCUT2D eigenvalue weighted by Crippen LogP contribution is 2.41. The Labute approximate surface area is 154 Å². The van der Waals surface area contributed by atoms with E-state index in [1.54, 1.807) is 60.7 Å². The summed E-state index contributed by atoms with van der Waals surface area (Å²) in [6.45, 7) is 0. The summed E-state index contributed by atoms with van der Waals surface area (Å²) in [4.78, 5) is 24.5. The molecule has 0 aliphatic heterocycles. The van der Waals surface area contributed by atoms with Crippen LogP contribution in [0, 0.1) is 0 Å². The standard InChI is InChI=1S/C20H16N2O5/c23-17(11-12-19(25)26)21(14-7-3-1-4-8-14)16-13-18(24)22(20(16)27)15-9-5-2-6-10-15/h1-13,24,27H,(H,25,26). The van der Waals surface area contributed by atoms with Gasteiger partial charge in [-0.3, -0.25) is 9.69 Å². The second-order valence-electron chi connectivity index (χ2n) is 5.56. The van der Waals surface area contributed by atoms with Crippen LogP contribution in [-0.2, 0) is 9.59 Å². The lowest BCUT2D eigenvalue weighted by Crippen LogP contribution is -2.23. The van der Waals surface area contributed by atoms with Crippen LogP contribution in [-0.4, -0.2) is 31.8 Å². The molecular formula is C20H16N2O5. The number of aromatic hydroxyl groups is 2. The van der Waals surface area contributed by atoms with E-state index in [9.17, 15) is 19.8 Å². The lowest BCUT2D eigenvalue weighted by atomic mass is 10.2. The molecule has 0 fully saturated rings. The van der Waals surface area contributed by atoms with Crippen molar-refractivity contribution in [1.29, 1.82) is 0 Å². The van der Waals surface area contributed by atoms with Gasteiger partial charge in [0.15, 0.2) is 0 Å². The molecule has 3 aromatic rings. The van der Waals surface area contributed by atoms with Gasteiger partial charge in [-0.05, 0) is 24.3 Å². The Morgan fingerprint density at radius 2 is 1.48 bits per heavy atom. The number of carbonyl (C=O) groups is 2. The van der Waals surface area contributed by atoms with Gasteiger partial charge < -0.3 is 15.3 Å². The first kappa shape index (κ1) is 17.8. The molecule has 0 aliphatic carbocycles. The van der Waals surface area contributed by atoms with Crippen molar-refractivity contribution in [3.05, 3.63) is 78.9 Å². The number of aliphatic carboxylic acids is 1. The van der Waals surface area contributed by atoms with Gasteiger partial charge in [-0.1, -0.05) is 36.4 Å². The van der Waals surface area contributed by atoms with Crippen LogP contribution < -0.4 is 4.90 Å². The highest BCUT2D eigenvalue weighted by Gasteiger charge is 2.25. The molecule has 0 atom stereocenters. The molecule has 0 spiro atoms. The van der Waals surface area contributed by atoms with E-state index in [1.165, 1.54) is 10.6 Å². The summed E-state index contributed by atoms with van der Waals surface area (Å²) < 4.78 is 1.18. The number of carboxylic acids is 1. The number of hydrogen-bond acceptors (Lipinski definition) is 4. The van der Waals surface area contributed by atoms with Crippen molar-refractivity contribution in [1.82, 2.24) is 4.57 Å². The Kier molecular flexibility index (Phi) is 4.94. The van der Waals surface area contributed by atoms with Crippen molar-refractivity contribution in [2.75, 3.05) is 4.90 Å². The van der Waals surface area contributed by atoms with Crippen LogP contribution >= 0.6 is 0 Å². The number of amides is 1. The van der Waals surface area contributed by atoms with E-state index in [0.717, 1.165) is 11.0 Å². The molecule has 3 N–H and O–H groups in total. The summed E-state index contributed by atoms with van der Waals surface area (Å²) in [6, 6.07) is 18.3. The van der Waals surface area contributed by atoms with Gasteiger partial charge in [0.2, 0.25) is 11.8 Å². The number of benzene rings is 2. The van der Waals surface area contributed by atoms with Crippen molar-refractivity contribution in [2.24, 2.45) is 0 Å². The Morgan fingerprint density at radius 3 is 2.07 bits per heavy atom. The Balaban J connectivity index is 2.14. The zero-order chi connectivity index (χ0) is 19.4. The van der Waals surface area contributed by atoms with Crippen LogP contribution in [0.15, 0.2) is 78.9 Å². The number of carboxylic acid groups (broad SMARTS) is 1. The quantitative estimate of drug-likeness (QED) is 0.603. The van der Waals surface area contributed by atoms with Gasteiger partial charge >= 0.3 is 5.97 Å². The van der Waals surface area contributed by atoms with Crippen LogP contribution in [0.1, 0.15) is 0 Å². The lowest BCUT2D eigenvalue weighted by Gasteiger charge is -2.20. The second kappa shape index (κ2) is 7.49. The van der Waals surface area contributed by atoms with Gasteiger partial charge in [0.25, 0.3) is 5.91 Å². The van der Waals surface area contributed by atoms with Gasteiger partial charge in [-0.2, -0.15) is 0 Å². The Morgan fingerprint density at radius 1 is 0.889 bits per heavy atom. The number of rotatable bonds is 5. The van der Waals surface area contributed by atoms with Crippen molar-refractivity contribution in [2.45, 2.75) is 0 Å². The second-order valence-corrected chi connectivity index (χ2v) is 5.56. The smallest absolute Gasteiger partial charge is 0.328 e. The molecular weight excluding hydrogens is 348 g/mol. The number of hydrogen-bond donors (Lipinski definition) is 3. The number of para-hydroxylation sites is 2. The van der Waals surface area contributed by atoms with Crippen molar-refractivity contribution in [3.63, 3.8) is 0 Å². The third kappa shape index (κ3) is 3.67. The average Bonchev–Trinajstić information content (AvgIpc) is 2.96. The SMILES string of the molecule is O=C(O)C=CC(=O)N(c1ccccc1)c1cc(O)n(-c2ccccc2)c1O. The first-order valence-electron chi connectivity index (χ1n) is 7.98. The Hall–Kier alpha value is -4.00. The molecule has 1 aromatic heterocycles. The molecule has 0 aliphatic rings. The van der Waals surface area contributed by atoms with Crippen molar-refractivity contribution in [3.8, 4) is 17.4 Å². The van der Waals surface area contributed by atoms with E-state index in [2.05, 4.69) is 0 Å². The molecule has 3 rings (SSSR count). The molecule has 0 unspecified atom stereocenters. The van der Waals surface area contributed by atoms with E-state index in [1.807, 2.05) is 0 Å². The third-order valence-electron chi connectivity index (χ3n) is 3.79. The molecule has 0 saturated heterocycles. The van der Waals surface area contributed by atoms with Gasteiger partial charge in [0, 0.05) is 23.9 Å². The van der Waals surface area contributed by atoms with Crippen LogP contribution in [0.3, 0.4) is 0 Å². The number of carbonyl (C=O) groups excluding carboxylic acids is 1. The average molecular weight is 364 g/mol. The molecule has 7 nitrogen and oxygen atoms in total. The topological polar surface area (TPSA) is 103 Å². The predicted octanol–water partition coefficient (Wildman–Crippen LogP) is 3.19. The maximum Gasteiger partial charge on any atom is 0.328 e. The molecule has 0 saturated carbocycles. The predicted molar refractivity (Wildman–Crippen MR) is 99.5 cm³/mol. The minimum atomic E-state index is -1.27. The van der Waals surface area contributed by atoms with Gasteiger partial charge in [0.05, 0.1) is 5.69 Å². The fraction of sp³-hybridized carbons (Fsp3) is 0. The summed E-state index contributed by atoms with van der Waals surface area (Å²) in [6.07, 6.45) is 1.59. The maximum absolute atomic E-state index is 12.6. The number of aromatic nitrogens is 1. The first-order valence-corrected chi connectivity index (χ1v) is 7.98. The van der Waals surface area contributed by atoms with Gasteiger partial charge in [-0.15, -0.1) is 0 Å². The van der Waals surface area contributed by atoms with E-state index < -0.39 is 11.9 Å². The summed E-state index contributed by atoms with van der Waals surface area (Å²) in [7, 11) is 0. The minimum Gasteiger partial charge on any atom is -0.494 e. The summed E-state index contributed by atoms with van der Waals surface area (Å²) in [5, 5.41) is 29.8. The molecule has 1 amide bonds. The highest BCUT2D eigenvalue weighted by atomic mass is 16.4. The van der Waals surface area contributed by atoms with Crippen LogP contribution in [0.4, 0.5) is 11.4 Å². The van der Waals surface area contributed by atoms with Gasteiger partial charge in [0.1, 0.15) is 5.69 Å². The maximum atomic E-state index is 12.6. The lowest BCUT2D eigenvalue weighted by molar-refractivity contribution is -0.131.